The van der Waals surface area contributed by atoms with E-state index in [0.717, 1.165) is 5.56 Å². The van der Waals surface area contributed by atoms with E-state index in [1.54, 1.807) is 6.07 Å². The molecule has 0 spiro atoms. The van der Waals surface area contributed by atoms with Gasteiger partial charge >= 0.3 is 0 Å². The Morgan fingerprint density at radius 1 is 1.57 bits per heavy atom. The van der Waals surface area contributed by atoms with Crippen LogP contribution in [0.2, 0.25) is 0 Å². The predicted octanol–water partition coefficient (Wildman–Crippen LogP) is 2.82. The third-order valence-electron chi connectivity index (χ3n) is 1.74. The van der Waals surface area contributed by atoms with Gasteiger partial charge in [-0.2, -0.15) is 0 Å². The van der Waals surface area contributed by atoms with E-state index in [9.17, 15) is 10.1 Å². The molecule has 0 aliphatic carbocycles. The molecule has 0 bridgehead atoms. The summed E-state index contributed by atoms with van der Waals surface area (Å²) in [4.78, 5) is 13.2. The first-order valence-corrected chi connectivity index (χ1v) is 4.70. The van der Waals surface area contributed by atoms with Gasteiger partial charge in [-0.3, -0.25) is 10.1 Å². The first-order valence-electron chi connectivity index (χ1n) is 3.91. The molecule has 1 aromatic carbocycles. The van der Waals surface area contributed by atoms with Gasteiger partial charge in [-0.15, -0.1) is 0 Å². The topological polar surface area (TPSA) is 47.5 Å². The van der Waals surface area contributed by atoms with Crippen LogP contribution in [-0.4, -0.2) is 11.5 Å². The van der Waals surface area contributed by atoms with Gasteiger partial charge in [0.2, 0.25) is 6.54 Å². The average molecular weight is 255 g/mol. The van der Waals surface area contributed by atoms with Crippen LogP contribution in [0, 0.1) is 16.7 Å². The van der Waals surface area contributed by atoms with E-state index in [0.29, 0.717) is 17.4 Å². The SMILES string of the molecule is [C-]#[N+]CCc1ccc([N+](=O)[O-])cc1Br. The zero-order valence-corrected chi connectivity index (χ0v) is 8.82. The number of rotatable bonds is 3. The molecule has 14 heavy (non-hydrogen) atoms. The molecule has 0 amide bonds. The smallest absolute Gasteiger partial charge is 0.270 e. The molecule has 0 aromatic heterocycles. The summed E-state index contributed by atoms with van der Waals surface area (Å²) >= 11 is 3.24. The average Bonchev–Trinajstić information content (AvgIpc) is 2.15. The first-order chi connectivity index (χ1) is 6.65. The fraction of sp³-hybridized carbons (Fsp3) is 0.222. The monoisotopic (exact) mass is 254 g/mol. The Balaban J connectivity index is 2.91. The number of nitrogens with zero attached hydrogens (tertiary/aromatic N) is 2. The highest BCUT2D eigenvalue weighted by Crippen LogP contribution is 2.23. The van der Waals surface area contributed by atoms with Crippen molar-refractivity contribution in [3.05, 3.63) is 49.8 Å². The summed E-state index contributed by atoms with van der Waals surface area (Å²) < 4.78 is 0.690. The molecule has 0 aliphatic rings. The summed E-state index contributed by atoms with van der Waals surface area (Å²) in [5, 5.41) is 10.4. The summed E-state index contributed by atoms with van der Waals surface area (Å²) in [5.74, 6) is 0. The van der Waals surface area contributed by atoms with Gasteiger partial charge in [0, 0.05) is 23.0 Å². The Hall–Kier alpha value is -1.41. The van der Waals surface area contributed by atoms with Crippen molar-refractivity contribution in [3.8, 4) is 0 Å². The molecule has 0 radical (unpaired) electrons. The molecular formula is C9H7BrN2O2. The molecule has 0 heterocycles. The quantitative estimate of drug-likeness (QED) is 0.473. The second-order valence-corrected chi connectivity index (χ2v) is 3.52. The number of non-ortho nitro benzene ring substituents is 1. The van der Waals surface area contributed by atoms with E-state index in [2.05, 4.69) is 20.8 Å². The molecule has 0 saturated heterocycles. The molecule has 0 aliphatic heterocycles. The molecule has 0 fully saturated rings. The van der Waals surface area contributed by atoms with Crippen LogP contribution in [0.1, 0.15) is 5.56 Å². The van der Waals surface area contributed by atoms with E-state index in [1.807, 2.05) is 0 Å². The van der Waals surface area contributed by atoms with Crippen LogP contribution >= 0.6 is 15.9 Å². The van der Waals surface area contributed by atoms with Crippen LogP contribution in [0.3, 0.4) is 0 Å². The third kappa shape index (κ3) is 2.54. The molecule has 0 N–H and O–H groups in total. The summed E-state index contributed by atoms with van der Waals surface area (Å²) in [6, 6.07) is 4.58. The summed E-state index contributed by atoms with van der Waals surface area (Å²) in [6.07, 6.45) is 0.613. The van der Waals surface area contributed by atoms with Gasteiger partial charge in [0.1, 0.15) is 0 Å². The summed E-state index contributed by atoms with van der Waals surface area (Å²) in [7, 11) is 0. The second kappa shape index (κ2) is 4.72. The van der Waals surface area contributed by atoms with Crippen molar-refractivity contribution in [3.63, 3.8) is 0 Å². The van der Waals surface area contributed by atoms with Crippen LogP contribution in [0.25, 0.3) is 4.85 Å². The molecule has 5 heteroatoms. The molecule has 4 nitrogen and oxygen atoms in total. The highest BCUT2D eigenvalue weighted by atomic mass is 79.9. The lowest BCUT2D eigenvalue weighted by Gasteiger charge is -1.99. The van der Waals surface area contributed by atoms with E-state index in [1.165, 1.54) is 12.1 Å². The molecule has 72 valence electrons. The van der Waals surface area contributed by atoms with E-state index < -0.39 is 4.92 Å². The predicted molar refractivity (Wildman–Crippen MR) is 56.0 cm³/mol. The van der Waals surface area contributed by atoms with Crippen LogP contribution in [0.4, 0.5) is 5.69 Å². The van der Waals surface area contributed by atoms with Gasteiger partial charge in [-0.1, -0.05) is 22.0 Å². The van der Waals surface area contributed by atoms with E-state index >= 15 is 0 Å². The Bertz CT molecular complexity index is 398. The number of nitro groups is 1. The van der Waals surface area contributed by atoms with Crippen molar-refractivity contribution >= 4 is 21.6 Å². The number of hydrogen-bond acceptors (Lipinski definition) is 2. The van der Waals surface area contributed by atoms with Gasteiger partial charge in [0.25, 0.3) is 5.69 Å². The van der Waals surface area contributed by atoms with Crippen LogP contribution < -0.4 is 0 Å². The Morgan fingerprint density at radius 3 is 2.79 bits per heavy atom. The standard InChI is InChI=1S/C9H7BrN2O2/c1-11-5-4-7-2-3-8(12(13)14)6-9(7)10/h2-3,6H,4-5H2. The minimum absolute atomic E-state index is 0.0587. The van der Waals surface area contributed by atoms with E-state index in [4.69, 9.17) is 6.57 Å². The fourth-order valence-corrected chi connectivity index (χ4v) is 1.59. The van der Waals surface area contributed by atoms with Crippen molar-refractivity contribution in [2.45, 2.75) is 6.42 Å². The van der Waals surface area contributed by atoms with Gasteiger partial charge < -0.3 is 4.85 Å². The van der Waals surface area contributed by atoms with Crippen LogP contribution in [-0.2, 0) is 6.42 Å². The summed E-state index contributed by atoms with van der Waals surface area (Å²) in [5.41, 5.74) is 0.982. The van der Waals surface area contributed by atoms with Crippen molar-refractivity contribution < 1.29 is 4.92 Å². The normalized spacial score (nSPS) is 9.43. The Morgan fingerprint density at radius 2 is 2.29 bits per heavy atom. The molecular weight excluding hydrogens is 248 g/mol. The molecule has 1 rings (SSSR count). The lowest BCUT2D eigenvalue weighted by molar-refractivity contribution is -0.384. The number of halogens is 1. The van der Waals surface area contributed by atoms with Gasteiger partial charge in [0.05, 0.1) is 4.92 Å². The zero-order chi connectivity index (χ0) is 10.6. The zero-order valence-electron chi connectivity index (χ0n) is 7.24. The molecule has 0 unspecified atom stereocenters. The lowest BCUT2D eigenvalue weighted by atomic mass is 10.1. The number of nitro benzene ring substituents is 1. The van der Waals surface area contributed by atoms with Crippen molar-refractivity contribution in [1.29, 1.82) is 0 Å². The minimum Gasteiger partial charge on any atom is -0.317 e. The molecule has 0 saturated carbocycles. The van der Waals surface area contributed by atoms with Crippen molar-refractivity contribution in [2.24, 2.45) is 0 Å². The number of benzene rings is 1. The minimum atomic E-state index is -0.441. The van der Waals surface area contributed by atoms with Gasteiger partial charge in [-0.05, 0) is 5.56 Å². The van der Waals surface area contributed by atoms with Crippen LogP contribution in [0.15, 0.2) is 22.7 Å². The molecule has 0 atom stereocenters. The maximum Gasteiger partial charge on any atom is 0.270 e. The Labute approximate surface area is 89.6 Å². The van der Waals surface area contributed by atoms with Crippen LogP contribution in [0.5, 0.6) is 0 Å². The van der Waals surface area contributed by atoms with Gasteiger partial charge in [0.15, 0.2) is 0 Å². The maximum absolute atomic E-state index is 10.4. The first kappa shape index (κ1) is 10.7. The van der Waals surface area contributed by atoms with E-state index in [-0.39, 0.29) is 5.69 Å². The lowest BCUT2D eigenvalue weighted by Crippen LogP contribution is -1.92. The van der Waals surface area contributed by atoms with Crippen molar-refractivity contribution in [1.82, 2.24) is 0 Å². The summed E-state index contributed by atoms with van der Waals surface area (Å²) in [6.45, 7) is 7.03. The second-order valence-electron chi connectivity index (χ2n) is 2.66. The van der Waals surface area contributed by atoms with Gasteiger partial charge in [-0.25, -0.2) is 6.57 Å². The highest BCUT2D eigenvalue weighted by Gasteiger charge is 2.09. The largest absolute Gasteiger partial charge is 0.317 e. The molecule has 1 aromatic rings. The maximum atomic E-state index is 10.4. The Kier molecular flexibility index (Phi) is 3.60. The highest BCUT2D eigenvalue weighted by molar-refractivity contribution is 9.10. The fourth-order valence-electron chi connectivity index (χ4n) is 1.03. The third-order valence-corrected chi connectivity index (χ3v) is 2.48. The number of hydrogen-bond donors (Lipinski definition) is 0. The van der Waals surface area contributed by atoms with Crippen molar-refractivity contribution in [2.75, 3.05) is 6.54 Å².